The number of aromatic nitrogens is 2. The molecule has 2 aromatic rings. The summed E-state index contributed by atoms with van der Waals surface area (Å²) >= 11 is 0. The second kappa shape index (κ2) is 6.09. The molecular formula is C16H16FN3O2. The van der Waals surface area contributed by atoms with Crippen molar-refractivity contribution in [2.75, 3.05) is 18.0 Å². The number of anilines is 1. The molecule has 0 amide bonds. The molecule has 0 radical (unpaired) electrons. The van der Waals surface area contributed by atoms with Crippen LogP contribution in [0.5, 0.6) is 0 Å². The van der Waals surface area contributed by atoms with E-state index in [9.17, 15) is 9.18 Å². The van der Waals surface area contributed by atoms with Gasteiger partial charge in [-0.05, 0) is 25.0 Å². The normalized spacial score (nSPS) is 15.8. The monoisotopic (exact) mass is 301 g/mol. The van der Waals surface area contributed by atoms with E-state index in [1.807, 2.05) is 11.0 Å². The summed E-state index contributed by atoms with van der Waals surface area (Å²) in [6, 6.07) is 8.08. The number of carboxylic acids is 1. The van der Waals surface area contributed by atoms with Crippen LogP contribution in [0.1, 0.15) is 12.8 Å². The number of hydrogen-bond donors (Lipinski definition) is 1. The van der Waals surface area contributed by atoms with Gasteiger partial charge in [-0.2, -0.15) is 0 Å². The van der Waals surface area contributed by atoms with Gasteiger partial charge in [-0.25, -0.2) is 14.4 Å². The summed E-state index contributed by atoms with van der Waals surface area (Å²) < 4.78 is 13.3. The summed E-state index contributed by atoms with van der Waals surface area (Å²) in [7, 11) is 0. The van der Waals surface area contributed by atoms with Crippen molar-refractivity contribution in [3.8, 4) is 11.3 Å². The molecule has 22 heavy (non-hydrogen) atoms. The van der Waals surface area contributed by atoms with E-state index in [2.05, 4.69) is 9.97 Å². The summed E-state index contributed by atoms with van der Waals surface area (Å²) in [5, 5.41) is 9.03. The first-order chi connectivity index (χ1) is 10.6. The molecule has 0 spiro atoms. The summed E-state index contributed by atoms with van der Waals surface area (Å²) in [4.78, 5) is 21.5. The third-order valence-electron chi connectivity index (χ3n) is 3.94. The Morgan fingerprint density at radius 2 is 2.00 bits per heavy atom. The molecule has 0 aliphatic carbocycles. The van der Waals surface area contributed by atoms with Gasteiger partial charge in [0.15, 0.2) is 0 Å². The minimum absolute atomic E-state index is 0.277. The summed E-state index contributed by atoms with van der Waals surface area (Å²) in [5.41, 5.74) is 1.36. The molecule has 1 aromatic carbocycles. The Hall–Kier alpha value is -2.50. The molecule has 1 aromatic heterocycles. The van der Waals surface area contributed by atoms with E-state index in [1.54, 1.807) is 12.1 Å². The second-order valence-corrected chi connectivity index (χ2v) is 5.37. The van der Waals surface area contributed by atoms with Crippen LogP contribution < -0.4 is 4.90 Å². The molecule has 0 saturated carbocycles. The molecule has 114 valence electrons. The maximum absolute atomic E-state index is 13.3. The van der Waals surface area contributed by atoms with E-state index in [0.29, 0.717) is 37.2 Å². The Kier molecular flexibility index (Phi) is 4.00. The Bertz CT molecular complexity index is 685. The average molecular weight is 301 g/mol. The van der Waals surface area contributed by atoms with Crippen LogP contribution in [-0.2, 0) is 4.79 Å². The van der Waals surface area contributed by atoms with Crippen LogP contribution >= 0.6 is 0 Å². The zero-order valence-corrected chi connectivity index (χ0v) is 11.9. The molecule has 6 heteroatoms. The van der Waals surface area contributed by atoms with Crippen molar-refractivity contribution in [3.05, 3.63) is 42.5 Å². The average Bonchev–Trinajstić information content (AvgIpc) is 2.55. The SMILES string of the molecule is O=C(O)C1CCN(c2cc(-c3cccc(F)c3)ncn2)CC1. The van der Waals surface area contributed by atoms with Crippen molar-refractivity contribution in [1.82, 2.24) is 9.97 Å². The number of carboxylic acid groups (broad SMARTS) is 1. The van der Waals surface area contributed by atoms with Crippen molar-refractivity contribution < 1.29 is 14.3 Å². The third kappa shape index (κ3) is 3.05. The van der Waals surface area contributed by atoms with Gasteiger partial charge in [0.25, 0.3) is 0 Å². The van der Waals surface area contributed by atoms with Gasteiger partial charge >= 0.3 is 5.97 Å². The van der Waals surface area contributed by atoms with Crippen LogP contribution in [0.15, 0.2) is 36.7 Å². The smallest absolute Gasteiger partial charge is 0.306 e. The minimum atomic E-state index is -0.734. The van der Waals surface area contributed by atoms with Gasteiger partial charge in [-0.3, -0.25) is 4.79 Å². The topological polar surface area (TPSA) is 66.3 Å². The summed E-state index contributed by atoms with van der Waals surface area (Å²) in [5.74, 6) is -0.568. The summed E-state index contributed by atoms with van der Waals surface area (Å²) in [6.45, 7) is 1.30. The van der Waals surface area contributed by atoms with Crippen LogP contribution in [0.2, 0.25) is 0 Å². The Labute approximate surface area is 127 Å². The molecule has 1 N–H and O–H groups in total. The van der Waals surface area contributed by atoms with Crippen molar-refractivity contribution in [2.24, 2.45) is 5.92 Å². The maximum atomic E-state index is 13.3. The number of carbonyl (C=O) groups is 1. The van der Waals surface area contributed by atoms with Gasteiger partial charge in [-0.1, -0.05) is 12.1 Å². The molecule has 0 atom stereocenters. The largest absolute Gasteiger partial charge is 0.481 e. The molecule has 1 aliphatic heterocycles. The van der Waals surface area contributed by atoms with E-state index in [4.69, 9.17) is 5.11 Å². The van der Waals surface area contributed by atoms with Crippen molar-refractivity contribution in [2.45, 2.75) is 12.8 Å². The number of aliphatic carboxylic acids is 1. The fraction of sp³-hybridized carbons (Fsp3) is 0.312. The van der Waals surface area contributed by atoms with E-state index in [0.717, 1.165) is 5.82 Å². The van der Waals surface area contributed by atoms with E-state index < -0.39 is 5.97 Å². The zero-order valence-electron chi connectivity index (χ0n) is 11.9. The molecule has 1 aliphatic rings. The fourth-order valence-corrected chi connectivity index (χ4v) is 2.68. The first-order valence-corrected chi connectivity index (χ1v) is 7.19. The lowest BCUT2D eigenvalue weighted by Gasteiger charge is -2.31. The van der Waals surface area contributed by atoms with Gasteiger partial charge in [-0.15, -0.1) is 0 Å². The lowest BCUT2D eigenvalue weighted by molar-refractivity contribution is -0.142. The van der Waals surface area contributed by atoms with Crippen LogP contribution in [0.4, 0.5) is 10.2 Å². The quantitative estimate of drug-likeness (QED) is 0.944. The number of nitrogens with zero attached hydrogens (tertiary/aromatic N) is 3. The molecular weight excluding hydrogens is 285 g/mol. The number of rotatable bonds is 3. The molecule has 3 rings (SSSR count). The van der Waals surface area contributed by atoms with E-state index in [-0.39, 0.29) is 11.7 Å². The third-order valence-corrected chi connectivity index (χ3v) is 3.94. The second-order valence-electron chi connectivity index (χ2n) is 5.37. The number of benzene rings is 1. The van der Waals surface area contributed by atoms with Crippen LogP contribution in [0.25, 0.3) is 11.3 Å². The molecule has 0 bridgehead atoms. The zero-order chi connectivity index (χ0) is 15.5. The highest BCUT2D eigenvalue weighted by Crippen LogP contribution is 2.25. The fourth-order valence-electron chi connectivity index (χ4n) is 2.68. The Morgan fingerprint density at radius 1 is 1.23 bits per heavy atom. The molecule has 2 heterocycles. The summed E-state index contributed by atoms with van der Waals surface area (Å²) in [6.07, 6.45) is 2.67. The highest BCUT2D eigenvalue weighted by Gasteiger charge is 2.25. The van der Waals surface area contributed by atoms with Gasteiger partial charge < -0.3 is 10.0 Å². The number of piperidine rings is 1. The standard InChI is InChI=1S/C16H16FN3O2/c17-13-3-1-2-12(8-13)14-9-15(19-10-18-14)20-6-4-11(5-7-20)16(21)22/h1-3,8-11H,4-7H2,(H,21,22). The van der Waals surface area contributed by atoms with Crippen molar-refractivity contribution in [3.63, 3.8) is 0 Å². The highest BCUT2D eigenvalue weighted by atomic mass is 19.1. The number of hydrogen-bond acceptors (Lipinski definition) is 4. The van der Waals surface area contributed by atoms with Crippen LogP contribution in [0.3, 0.4) is 0 Å². The van der Waals surface area contributed by atoms with Crippen molar-refractivity contribution in [1.29, 1.82) is 0 Å². The van der Waals surface area contributed by atoms with E-state index >= 15 is 0 Å². The Morgan fingerprint density at radius 3 is 2.68 bits per heavy atom. The van der Waals surface area contributed by atoms with Gasteiger partial charge in [0.2, 0.25) is 0 Å². The predicted molar refractivity (Wildman–Crippen MR) is 80.0 cm³/mol. The van der Waals surface area contributed by atoms with E-state index in [1.165, 1.54) is 18.5 Å². The lowest BCUT2D eigenvalue weighted by atomic mass is 9.97. The molecule has 5 nitrogen and oxygen atoms in total. The lowest BCUT2D eigenvalue weighted by Crippen LogP contribution is -2.36. The first kappa shape index (κ1) is 14.4. The van der Waals surface area contributed by atoms with Crippen LogP contribution in [-0.4, -0.2) is 34.1 Å². The Balaban J connectivity index is 1.79. The van der Waals surface area contributed by atoms with Crippen LogP contribution in [0, 0.1) is 11.7 Å². The van der Waals surface area contributed by atoms with Gasteiger partial charge in [0.05, 0.1) is 11.6 Å². The first-order valence-electron chi connectivity index (χ1n) is 7.19. The molecule has 0 unspecified atom stereocenters. The van der Waals surface area contributed by atoms with Gasteiger partial charge in [0.1, 0.15) is 18.0 Å². The van der Waals surface area contributed by atoms with Gasteiger partial charge in [0, 0.05) is 24.7 Å². The maximum Gasteiger partial charge on any atom is 0.306 e. The molecule has 1 saturated heterocycles. The highest BCUT2D eigenvalue weighted by molar-refractivity contribution is 5.70. The predicted octanol–water partition coefficient (Wildman–Crippen LogP) is 2.58. The van der Waals surface area contributed by atoms with Crippen molar-refractivity contribution >= 4 is 11.8 Å². The number of halogens is 1. The molecule has 1 fully saturated rings. The minimum Gasteiger partial charge on any atom is -0.481 e.